The van der Waals surface area contributed by atoms with Crippen LogP contribution >= 0.6 is 0 Å². The minimum atomic E-state index is -1.41. The van der Waals surface area contributed by atoms with E-state index in [1.165, 1.54) is 6.92 Å². The van der Waals surface area contributed by atoms with Gasteiger partial charge in [-0.05, 0) is 29.2 Å². The molecule has 7 heteroatoms. The predicted molar refractivity (Wildman–Crippen MR) is 94.9 cm³/mol. The van der Waals surface area contributed by atoms with Crippen molar-refractivity contribution in [3.8, 4) is 11.1 Å². The maximum absolute atomic E-state index is 11.9. The first kappa shape index (κ1) is 19.4. The quantitative estimate of drug-likeness (QED) is 0.746. The highest BCUT2D eigenvalue weighted by atomic mass is 16.5. The lowest BCUT2D eigenvalue weighted by Crippen LogP contribution is -2.48. The topological polar surface area (TPSA) is 127 Å². The van der Waals surface area contributed by atoms with Crippen molar-refractivity contribution in [2.24, 2.45) is 0 Å². The molecule has 5 N–H and O–H groups in total. The molecule has 0 saturated heterocycles. The second-order valence-electron chi connectivity index (χ2n) is 6.03. The van der Waals surface area contributed by atoms with Crippen molar-refractivity contribution in [2.45, 2.75) is 25.0 Å². The van der Waals surface area contributed by atoms with Crippen LogP contribution in [0.2, 0.25) is 0 Å². The normalized spacial score (nSPS) is 14.4. The zero-order valence-electron chi connectivity index (χ0n) is 14.2. The fourth-order valence-corrected chi connectivity index (χ4v) is 3.16. The SMILES string of the molecule is CC(O)C(NC(=O)OCC1c2ccccc2-c2ccccc21)C(=O)O.O. The third kappa shape index (κ3) is 3.68. The number of hydrogen-bond donors (Lipinski definition) is 3. The Morgan fingerprint density at radius 2 is 1.58 bits per heavy atom. The Morgan fingerprint density at radius 3 is 2.04 bits per heavy atom. The average Bonchev–Trinajstić information content (AvgIpc) is 2.91. The number of carbonyl (C=O) groups excluding carboxylic acids is 1. The average molecular weight is 359 g/mol. The summed E-state index contributed by atoms with van der Waals surface area (Å²) in [4.78, 5) is 23.0. The van der Waals surface area contributed by atoms with Crippen LogP contribution in [0.15, 0.2) is 48.5 Å². The number of aliphatic hydroxyl groups excluding tert-OH is 1. The summed E-state index contributed by atoms with van der Waals surface area (Å²) in [6.07, 6.45) is -2.09. The van der Waals surface area contributed by atoms with Crippen LogP contribution in [-0.2, 0) is 9.53 Å². The van der Waals surface area contributed by atoms with Gasteiger partial charge in [0.15, 0.2) is 6.04 Å². The maximum Gasteiger partial charge on any atom is 0.407 e. The summed E-state index contributed by atoms with van der Waals surface area (Å²) in [6.45, 7) is 1.38. The highest BCUT2D eigenvalue weighted by molar-refractivity contribution is 5.81. The van der Waals surface area contributed by atoms with Gasteiger partial charge >= 0.3 is 12.1 Å². The van der Waals surface area contributed by atoms with Crippen molar-refractivity contribution < 1.29 is 30.0 Å². The first-order valence-corrected chi connectivity index (χ1v) is 8.01. The molecule has 0 heterocycles. The first-order valence-electron chi connectivity index (χ1n) is 8.01. The third-order valence-electron chi connectivity index (χ3n) is 4.37. The number of hydrogen-bond acceptors (Lipinski definition) is 4. The Kier molecular flexibility index (Phi) is 5.97. The van der Waals surface area contributed by atoms with E-state index in [-0.39, 0.29) is 18.0 Å². The second kappa shape index (κ2) is 7.99. The van der Waals surface area contributed by atoms with Crippen LogP contribution in [0.5, 0.6) is 0 Å². The molecule has 0 radical (unpaired) electrons. The van der Waals surface area contributed by atoms with Gasteiger partial charge in [0.25, 0.3) is 0 Å². The first-order chi connectivity index (χ1) is 12.0. The molecule has 1 aliphatic carbocycles. The number of ether oxygens (including phenoxy) is 1. The molecule has 1 amide bonds. The van der Waals surface area contributed by atoms with E-state index < -0.39 is 24.2 Å². The fourth-order valence-electron chi connectivity index (χ4n) is 3.16. The van der Waals surface area contributed by atoms with Crippen molar-refractivity contribution in [1.29, 1.82) is 0 Å². The van der Waals surface area contributed by atoms with Crippen LogP contribution < -0.4 is 5.32 Å². The minimum absolute atomic E-state index is 0. The molecule has 26 heavy (non-hydrogen) atoms. The van der Waals surface area contributed by atoms with Crippen LogP contribution in [-0.4, -0.2) is 46.5 Å². The fraction of sp³-hybridized carbons (Fsp3) is 0.263. The molecular formula is C19H21NO6. The lowest BCUT2D eigenvalue weighted by molar-refractivity contribution is -0.142. The molecule has 0 fully saturated rings. The molecule has 0 saturated carbocycles. The van der Waals surface area contributed by atoms with Crippen LogP contribution in [0.1, 0.15) is 24.0 Å². The third-order valence-corrected chi connectivity index (χ3v) is 4.37. The Labute approximate surface area is 150 Å². The lowest BCUT2D eigenvalue weighted by atomic mass is 9.98. The number of aliphatic carboxylic acids is 1. The Hall–Kier alpha value is -2.90. The number of amides is 1. The van der Waals surface area contributed by atoms with Gasteiger partial charge in [0, 0.05) is 5.92 Å². The van der Waals surface area contributed by atoms with E-state index in [1.54, 1.807) is 0 Å². The summed E-state index contributed by atoms with van der Waals surface area (Å²) >= 11 is 0. The Balaban J connectivity index is 0.00000243. The number of benzene rings is 2. The summed E-state index contributed by atoms with van der Waals surface area (Å²) in [5.74, 6) is -1.42. The summed E-state index contributed by atoms with van der Waals surface area (Å²) < 4.78 is 5.25. The number of aliphatic hydroxyl groups is 1. The van der Waals surface area contributed by atoms with E-state index in [9.17, 15) is 14.7 Å². The molecule has 0 aromatic heterocycles. The van der Waals surface area contributed by atoms with Crippen LogP contribution in [0.4, 0.5) is 4.79 Å². The van der Waals surface area contributed by atoms with Gasteiger partial charge in [0.05, 0.1) is 6.10 Å². The second-order valence-corrected chi connectivity index (χ2v) is 6.03. The molecule has 2 atom stereocenters. The van der Waals surface area contributed by atoms with Gasteiger partial charge in [0.1, 0.15) is 6.61 Å². The number of alkyl carbamates (subject to hydrolysis) is 1. The molecule has 2 aromatic rings. The van der Waals surface area contributed by atoms with Gasteiger partial charge in [0.2, 0.25) is 0 Å². The zero-order valence-corrected chi connectivity index (χ0v) is 14.2. The Morgan fingerprint density at radius 1 is 1.08 bits per heavy atom. The molecule has 3 rings (SSSR count). The molecule has 2 aromatic carbocycles. The van der Waals surface area contributed by atoms with Gasteiger partial charge in [-0.15, -0.1) is 0 Å². The number of carbonyl (C=O) groups is 2. The van der Waals surface area contributed by atoms with E-state index in [1.807, 2.05) is 48.5 Å². The van der Waals surface area contributed by atoms with Crippen molar-refractivity contribution in [3.05, 3.63) is 59.7 Å². The highest BCUT2D eigenvalue weighted by Crippen LogP contribution is 2.44. The smallest absolute Gasteiger partial charge is 0.407 e. The molecule has 138 valence electrons. The van der Waals surface area contributed by atoms with Crippen LogP contribution in [0.25, 0.3) is 11.1 Å². The van der Waals surface area contributed by atoms with E-state index in [0.29, 0.717) is 0 Å². The molecule has 7 nitrogen and oxygen atoms in total. The number of nitrogens with one attached hydrogen (secondary N) is 1. The molecule has 1 aliphatic rings. The van der Waals surface area contributed by atoms with Crippen LogP contribution in [0, 0.1) is 0 Å². The number of fused-ring (bicyclic) bond motifs is 3. The standard InChI is InChI=1S/C19H19NO5.H2O/c1-11(21)17(18(22)23)20-19(24)25-10-16-14-8-4-2-6-12(14)13-7-3-5-9-15(13)16;/h2-9,11,16-17,21H,10H2,1H3,(H,20,24)(H,22,23);1H2. The van der Waals surface area contributed by atoms with Gasteiger partial charge < -0.3 is 25.7 Å². The van der Waals surface area contributed by atoms with Gasteiger partial charge in [-0.2, -0.15) is 0 Å². The summed E-state index contributed by atoms with van der Waals surface area (Å²) in [6, 6.07) is 14.4. The van der Waals surface area contributed by atoms with Gasteiger partial charge in [-0.3, -0.25) is 0 Å². The minimum Gasteiger partial charge on any atom is -0.480 e. The van der Waals surface area contributed by atoms with Crippen molar-refractivity contribution >= 4 is 12.1 Å². The van der Waals surface area contributed by atoms with Gasteiger partial charge in [-0.25, -0.2) is 9.59 Å². The zero-order chi connectivity index (χ0) is 18.0. The molecule has 0 spiro atoms. The van der Waals surface area contributed by atoms with Crippen molar-refractivity contribution in [3.63, 3.8) is 0 Å². The molecule has 0 bridgehead atoms. The number of carboxylic acid groups (broad SMARTS) is 1. The molecular weight excluding hydrogens is 338 g/mol. The number of rotatable bonds is 5. The van der Waals surface area contributed by atoms with Crippen molar-refractivity contribution in [2.75, 3.05) is 6.61 Å². The Bertz CT molecular complexity index is 759. The lowest BCUT2D eigenvalue weighted by Gasteiger charge is -2.18. The highest BCUT2D eigenvalue weighted by Gasteiger charge is 2.30. The summed E-state index contributed by atoms with van der Waals surface area (Å²) in [5, 5.41) is 20.6. The number of carboxylic acids is 1. The largest absolute Gasteiger partial charge is 0.480 e. The summed E-state index contributed by atoms with van der Waals surface area (Å²) in [5.41, 5.74) is 4.36. The maximum atomic E-state index is 11.9. The van der Waals surface area contributed by atoms with Crippen LogP contribution in [0.3, 0.4) is 0 Å². The van der Waals surface area contributed by atoms with Gasteiger partial charge in [-0.1, -0.05) is 48.5 Å². The van der Waals surface area contributed by atoms with E-state index >= 15 is 0 Å². The van der Waals surface area contributed by atoms with E-state index in [4.69, 9.17) is 9.84 Å². The van der Waals surface area contributed by atoms with E-state index in [2.05, 4.69) is 5.32 Å². The monoisotopic (exact) mass is 359 g/mol. The molecule has 2 unspecified atom stereocenters. The van der Waals surface area contributed by atoms with Crippen molar-refractivity contribution in [1.82, 2.24) is 5.32 Å². The predicted octanol–water partition coefficient (Wildman–Crippen LogP) is 1.53. The summed E-state index contributed by atoms with van der Waals surface area (Å²) in [7, 11) is 0. The van der Waals surface area contributed by atoms with E-state index in [0.717, 1.165) is 22.3 Å². The molecule has 0 aliphatic heterocycles.